The number of likely N-dealkylation sites (tertiary alicyclic amines) is 1. The summed E-state index contributed by atoms with van der Waals surface area (Å²) in [6.07, 6.45) is 8.59. The molecule has 3 saturated heterocycles. The van der Waals surface area contributed by atoms with Crippen LogP contribution < -0.4 is 14.8 Å². The number of ether oxygens (including phenoxy) is 2. The van der Waals surface area contributed by atoms with Gasteiger partial charge in [-0.05, 0) is 96.3 Å². The Morgan fingerprint density at radius 3 is 2.54 bits per heavy atom. The smallest absolute Gasteiger partial charge is 0.163 e. The molecule has 0 amide bonds. The van der Waals surface area contributed by atoms with Crippen LogP contribution in [0.1, 0.15) is 50.7 Å². The van der Waals surface area contributed by atoms with E-state index in [2.05, 4.69) is 34.3 Å². The second kappa shape index (κ2) is 10.5. The summed E-state index contributed by atoms with van der Waals surface area (Å²) in [4.78, 5) is 10.1. The molecule has 7 heteroatoms. The van der Waals surface area contributed by atoms with Crippen molar-refractivity contribution in [2.75, 3.05) is 45.7 Å². The van der Waals surface area contributed by atoms with Gasteiger partial charge in [0.2, 0.25) is 0 Å². The number of nitrogens with one attached hydrogen (secondary N) is 1. The van der Waals surface area contributed by atoms with Crippen molar-refractivity contribution in [2.45, 2.75) is 70.0 Å². The summed E-state index contributed by atoms with van der Waals surface area (Å²) in [6, 6.07) is 12.0. The van der Waals surface area contributed by atoms with E-state index in [9.17, 15) is 0 Å². The Morgan fingerprint density at radius 2 is 1.84 bits per heavy atom. The van der Waals surface area contributed by atoms with Gasteiger partial charge in [-0.25, -0.2) is 4.98 Å². The molecular weight excluding hydrogens is 464 g/mol. The van der Waals surface area contributed by atoms with Crippen LogP contribution in [0.4, 0.5) is 5.69 Å². The molecule has 0 saturated carbocycles. The summed E-state index contributed by atoms with van der Waals surface area (Å²) >= 11 is 0. The maximum Gasteiger partial charge on any atom is 0.163 e. The minimum Gasteiger partial charge on any atom is -0.493 e. The topological polar surface area (TPSA) is 63.0 Å². The fourth-order valence-electron chi connectivity index (χ4n) is 6.55. The highest BCUT2D eigenvalue weighted by molar-refractivity contribution is 5.95. The number of benzene rings is 1. The molecule has 2 aromatic heterocycles. The predicted molar refractivity (Wildman–Crippen MR) is 148 cm³/mol. The average molecular weight is 505 g/mol. The Hall–Kier alpha value is -2.77. The third kappa shape index (κ3) is 5.16. The largest absolute Gasteiger partial charge is 0.493 e. The number of rotatable bonds is 9. The van der Waals surface area contributed by atoms with Crippen molar-refractivity contribution in [3.63, 3.8) is 0 Å². The molecule has 3 aliphatic heterocycles. The van der Waals surface area contributed by atoms with Gasteiger partial charge in [-0.2, -0.15) is 0 Å². The lowest BCUT2D eigenvalue weighted by Gasteiger charge is -2.37. The Kier molecular flexibility index (Phi) is 7.00. The molecule has 5 heterocycles. The fourth-order valence-corrected chi connectivity index (χ4v) is 6.55. The molecule has 7 nitrogen and oxygen atoms in total. The van der Waals surface area contributed by atoms with Crippen molar-refractivity contribution < 1.29 is 13.9 Å². The molecule has 198 valence electrons. The number of aromatic nitrogens is 1. The standard InChI is InChI=1S/C30H40N4O3/c1-20-7-10-28(37-20)27-18-25(31-21-15-22-8-9-23(16-21)33(22)2)24-17-29(35-3)30(19-26(24)32-27)36-14-6-13-34-11-4-5-12-34/h7,10,17-19,21-23H,4-6,8-9,11-16H2,1-3H3,(H,31,32). The van der Waals surface area contributed by atoms with Gasteiger partial charge in [-0.3, -0.25) is 0 Å². The monoisotopic (exact) mass is 504 g/mol. The van der Waals surface area contributed by atoms with Gasteiger partial charge >= 0.3 is 0 Å². The van der Waals surface area contributed by atoms with E-state index in [0.29, 0.717) is 24.7 Å². The summed E-state index contributed by atoms with van der Waals surface area (Å²) in [5.41, 5.74) is 2.81. The maximum atomic E-state index is 6.24. The number of hydrogen-bond acceptors (Lipinski definition) is 7. The fraction of sp³-hybridized carbons (Fsp3) is 0.567. The van der Waals surface area contributed by atoms with Gasteiger partial charge in [0.15, 0.2) is 17.3 Å². The van der Waals surface area contributed by atoms with Crippen LogP contribution in [0.15, 0.2) is 34.7 Å². The number of aryl methyl sites for hydroxylation is 1. The van der Waals surface area contributed by atoms with E-state index in [1.54, 1.807) is 7.11 Å². The van der Waals surface area contributed by atoms with Gasteiger partial charge in [0.1, 0.15) is 11.5 Å². The number of anilines is 1. The lowest BCUT2D eigenvalue weighted by atomic mass is 9.97. The number of furan rings is 1. The SMILES string of the molecule is COc1cc2c(NC3CC4CCC(C3)N4C)cc(-c3ccc(C)o3)nc2cc1OCCCN1CCCC1. The van der Waals surface area contributed by atoms with E-state index in [0.717, 1.165) is 58.3 Å². The molecule has 0 spiro atoms. The van der Waals surface area contributed by atoms with Gasteiger partial charge in [0, 0.05) is 41.8 Å². The number of methoxy groups -OCH3 is 1. The maximum absolute atomic E-state index is 6.24. The summed E-state index contributed by atoms with van der Waals surface area (Å²) < 4.78 is 18.0. The van der Waals surface area contributed by atoms with E-state index in [-0.39, 0.29) is 0 Å². The molecule has 2 bridgehead atoms. The van der Waals surface area contributed by atoms with Crippen molar-refractivity contribution in [3.05, 3.63) is 36.1 Å². The highest BCUT2D eigenvalue weighted by Gasteiger charge is 2.38. The molecule has 1 aromatic carbocycles. The second-order valence-electron chi connectivity index (χ2n) is 11.1. The van der Waals surface area contributed by atoms with Crippen molar-refractivity contribution in [2.24, 2.45) is 0 Å². The molecule has 3 fully saturated rings. The zero-order valence-corrected chi connectivity index (χ0v) is 22.5. The van der Waals surface area contributed by atoms with E-state index >= 15 is 0 Å². The summed E-state index contributed by atoms with van der Waals surface area (Å²) in [5, 5.41) is 4.96. The van der Waals surface area contributed by atoms with Gasteiger partial charge < -0.3 is 29.0 Å². The Balaban J connectivity index is 1.29. The first kappa shape index (κ1) is 24.6. The predicted octanol–water partition coefficient (Wildman–Crippen LogP) is 5.71. The van der Waals surface area contributed by atoms with Crippen LogP contribution in [0.5, 0.6) is 11.5 Å². The first-order valence-corrected chi connectivity index (χ1v) is 14.0. The average Bonchev–Trinajstić information content (AvgIpc) is 3.61. The molecular formula is C30H40N4O3. The van der Waals surface area contributed by atoms with E-state index < -0.39 is 0 Å². The van der Waals surface area contributed by atoms with Crippen molar-refractivity contribution in [1.82, 2.24) is 14.8 Å². The van der Waals surface area contributed by atoms with Crippen LogP contribution in [0, 0.1) is 6.92 Å². The number of fused-ring (bicyclic) bond motifs is 3. The number of piperidine rings is 1. The Labute approximate surface area is 220 Å². The van der Waals surface area contributed by atoms with Gasteiger partial charge in [-0.15, -0.1) is 0 Å². The molecule has 37 heavy (non-hydrogen) atoms. The van der Waals surface area contributed by atoms with E-state index in [1.807, 2.05) is 25.1 Å². The molecule has 0 aliphatic carbocycles. The summed E-state index contributed by atoms with van der Waals surface area (Å²) in [7, 11) is 4.00. The van der Waals surface area contributed by atoms with Gasteiger partial charge in [-0.1, -0.05) is 0 Å². The third-order valence-corrected chi connectivity index (χ3v) is 8.62. The van der Waals surface area contributed by atoms with Crippen LogP contribution in [0.2, 0.25) is 0 Å². The molecule has 1 N–H and O–H groups in total. The molecule has 2 unspecified atom stereocenters. The van der Waals surface area contributed by atoms with Crippen molar-refractivity contribution >= 4 is 16.6 Å². The minimum absolute atomic E-state index is 0.443. The minimum atomic E-state index is 0.443. The van der Waals surface area contributed by atoms with Crippen LogP contribution in [0.25, 0.3) is 22.4 Å². The van der Waals surface area contributed by atoms with Crippen molar-refractivity contribution in [3.8, 4) is 23.0 Å². The van der Waals surface area contributed by atoms with E-state index in [1.165, 1.54) is 51.6 Å². The Morgan fingerprint density at radius 1 is 1.05 bits per heavy atom. The normalized spacial score (nSPS) is 24.1. The lowest BCUT2D eigenvalue weighted by molar-refractivity contribution is 0.169. The quantitative estimate of drug-likeness (QED) is 0.374. The first-order chi connectivity index (χ1) is 18.1. The summed E-state index contributed by atoms with van der Waals surface area (Å²) in [6.45, 7) is 6.15. The highest BCUT2D eigenvalue weighted by Crippen LogP contribution is 2.40. The highest BCUT2D eigenvalue weighted by atomic mass is 16.5. The van der Waals surface area contributed by atoms with Gasteiger partial charge in [0.05, 0.1) is 19.2 Å². The Bertz CT molecular complexity index is 1220. The number of hydrogen-bond donors (Lipinski definition) is 1. The lowest BCUT2D eigenvalue weighted by Crippen LogP contribution is -2.44. The zero-order valence-electron chi connectivity index (χ0n) is 22.5. The van der Waals surface area contributed by atoms with Crippen LogP contribution in [-0.2, 0) is 0 Å². The first-order valence-electron chi connectivity index (χ1n) is 14.0. The van der Waals surface area contributed by atoms with Crippen molar-refractivity contribution in [1.29, 1.82) is 0 Å². The molecule has 3 aliphatic rings. The van der Waals surface area contributed by atoms with Crippen LogP contribution >= 0.6 is 0 Å². The number of nitrogens with zero attached hydrogens (tertiary/aromatic N) is 3. The van der Waals surface area contributed by atoms with Crippen LogP contribution in [0.3, 0.4) is 0 Å². The molecule has 3 aromatic rings. The molecule has 2 atom stereocenters. The van der Waals surface area contributed by atoms with Gasteiger partial charge in [0.25, 0.3) is 0 Å². The third-order valence-electron chi connectivity index (χ3n) is 8.62. The molecule has 0 radical (unpaired) electrons. The zero-order chi connectivity index (χ0) is 25.4. The second-order valence-corrected chi connectivity index (χ2v) is 11.1. The number of pyridine rings is 1. The molecule has 6 rings (SSSR count). The summed E-state index contributed by atoms with van der Waals surface area (Å²) in [5.74, 6) is 3.17. The van der Waals surface area contributed by atoms with Crippen LogP contribution in [-0.4, -0.2) is 73.3 Å². The van der Waals surface area contributed by atoms with E-state index in [4.69, 9.17) is 18.9 Å².